The van der Waals surface area contributed by atoms with E-state index in [4.69, 9.17) is 10.5 Å². The van der Waals surface area contributed by atoms with Crippen LogP contribution in [0.5, 0.6) is 0 Å². The highest BCUT2D eigenvalue weighted by Gasteiger charge is 2.28. The van der Waals surface area contributed by atoms with E-state index in [0.717, 1.165) is 18.4 Å². The van der Waals surface area contributed by atoms with Gasteiger partial charge in [-0.3, -0.25) is 4.79 Å². The standard InChI is InChI=1S/C17H24N2O3/c1-17(2,3)22-16(21)19-10-8-12(9-11-19)13-6-4-5-7-14(13)15(18)20/h4-7,12H,8-11H2,1-3H3,(H2,18,20). The number of piperidine rings is 1. The van der Waals surface area contributed by atoms with Gasteiger partial charge in [0.05, 0.1) is 0 Å². The fourth-order valence-electron chi connectivity index (χ4n) is 2.78. The summed E-state index contributed by atoms with van der Waals surface area (Å²) < 4.78 is 5.39. The van der Waals surface area contributed by atoms with E-state index in [9.17, 15) is 9.59 Å². The Morgan fingerprint density at radius 1 is 1.18 bits per heavy atom. The lowest BCUT2D eigenvalue weighted by atomic mass is 9.86. The maximum atomic E-state index is 12.1. The van der Waals surface area contributed by atoms with E-state index < -0.39 is 11.5 Å². The molecule has 0 spiro atoms. The Bertz CT molecular complexity index is 555. The molecular weight excluding hydrogens is 280 g/mol. The van der Waals surface area contributed by atoms with Crippen LogP contribution in [-0.4, -0.2) is 35.6 Å². The fourth-order valence-corrected chi connectivity index (χ4v) is 2.78. The van der Waals surface area contributed by atoms with Crippen LogP contribution in [0.1, 0.15) is 55.5 Å². The van der Waals surface area contributed by atoms with Crippen molar-refractivity contribution >= 4 is 12.0 Å². The first-order chi connectivity index (χ1) is 10.3. The summed E-state index contributed by atoms with van der Waals surface area (Å²) in [5.41, 5.74) is 6.53. The van der Waals surface area contributed by atoms with Crippen molar-refractivity contribution in [3.05, 3.63) is 35.4 Å². The predicted octanol–water partition coefficient (Wildman–Crippen LogP) is 2.90. The molecule has 1 fully saturated rings. The van der Waals surface area contributed by atoms with E-state index in [1.54, 1.807) is 11.0 Å². The number of rotatable bonds is 2. The minimum absolute atomic E-state index is 0.252. The number of carbonyl (C=O) groups excluding carboxylic acids is 2. The molecule has 0 radical (unpaired) electrons. The minimum atomic E-state index is -0.480. The molecule has 120 valence electrons. The smallest absolute Gasteiger partial charge is 0.410 e. The highest BCUT2D eigenvalue weighted by atomic mass is 16.6. The Kier molecular flexibility index (Phi) is 4.74. The molecule has 5 nitrogen and oxygen atoms in total. The normalized spacial score (nSPS) is 16.4. The molecule has 0 unspecified atom stereocenters. The molecule has 2 N–H and O–H groups in total. The molecule has 1 aliphatic rings. The SMILES string of the molecule is CC(C)(C)OC(=O)N1CCC(c2ccccc2C(N)=O)CC1. The number of hydrogen-bond acceptors (Lipinski definition) is 3. The number of benzene rings is 1. The van der Waals surface area contributed by atoms with Gasteiger partial charge in [0, 0.05) is 18.7 Å². The first-order valence-corrected chi connectivity index (χ1v) is 7.64. The van der Waals surface area contributed by atoms with E-state index >= 15 is 0 Å². The van der Waals surface area contributed by atoms with Crippen LogP contribution in [0.2, 0.25) is 0 Å². The van der Waals surface area contributed by atoms with Crippen LogP contribution in [0.25, 0.3) is 0 Å². The molecule has 2 rings (SSSR count). The molecule has 1 heterocycles. The van der Waals surface area contributed by atoms with Gasteiger partial charge in [0.1, 0.15) is 5.60 Å². The Hall–Kier alpha value is -2.04. The summed E-state index contributed by atoms with van der Waals surface area (Å²) >= 11 is 0. The van der Waals surface area contributed by atoms with Crippen LogP contribution >= 0.6 is 0 Å². The molecule has 1 saturated heterocycles. The first-order valence-electron chi connectivity index (χ1n) is 7.64. The van der Waals surface area contributed by atoms with Gasteiger partial charge in [-0.1, -0.05) is 18.2 Å². The monoisotopic (exact) mass is 304 g/mol. The first kappa shape index (κ1) is 16.3. The van der Waals surface area contributed by atoms with Crippen molar-refractivity contribution in [2.24, 2.45) is 5.73 Å². The Labute approximate surface area is 131 Å². The summed E-state index contributed by atoms with van der Waals surface area (Å²) in [6, 6.07) is 7.45. The van der Waals surface area contributed by atoms with Crippen molar-refractivity contribution in [2.75, 3.05) is 13.1 Å². The number of nitrogens with zero attached hydrogens (tertiary/aromatic N) is 1. The molecule has 2 amide bonds. The van der Waals surface area contributed by atoms with Gasteiger partial charge in [-0.25, -0.2) is 4.79 Å². The number of carbonyl (C=O) groups is 2. The minimum Gasteiger partial charge on any atom is -0.444 e. The Morgan fingerprint density at radius 3 is 2.32 bits per heavy atom. The molecule has 0 aromatic heterocycles. The van der Waals surface area contributed by atoms with Crippen LogP contribution in [0.3, 0.4) is 0 Å². The van der Waals surface area contributed by atoms with Gasteiger partial charge < -0.3 is 15.4 Å². The number of hydrogen-bond donors (Lipinski definition) is 1. The highest BCUT2D eigenvalue weighted by molar-refractivity contribution is 5.94. The summed E-state index contributed by atoms with van der Waals surface area (Å²) in [6.07, 6.45) is 1.35. The van der Waals surface area contributed by atoms with E-state index in [1.807, 2.05) is 39.0 Å². The van der Waals surface area contributed by atoms with Gasteiger partial charge in [0.15, 0.2) is 0 Å². The Morgan fingerprint density at radius 2 is 1.77 bits per heavy atom. The zero-order chi connectivity index (χ0) is 16.3. The number of nitrogens with two attached hydrogens (primary N) is 1. The second-order valence-electron chi connectivity index (χ2n) is 6.69. The average Bonchev–Trinajstić information content (AvgIpc) is 2.45. The highest BCUT2D eigenvalue weighted by Crippen LogP contribution is 2.30. The number of amides is 2. The van der Waals surface area contributed by atoms with Crippen molar-refractivity contribution in [2.45, 2.75) is 45.1 Å². The van der Waals surface area contributed by atoms with Gasteiger partial charge in [-0.2, -0.15) is 0 Å². The topological polar surface area (TPSA) is 72.6 Å². The lowest BCUT2D eigenvalue weighted by molar-refractivity contribution is 0.0204. The molecule has 0 atom stereocenters. The van der Waals surface area contributed by atoms with Crippen molar-refractivity contribution in [3.8, 4) is 0 Å². The number of primary amides is 1. The molecule has 1 aromatic rings. The van der Waals surface area contributed by atoms with Gasteiger partial charge in [-0.05, 0) is 51.2 Å². The summed E-state index contributed by atoms with van der Waals surface area (Å²) in [7, 11) is 0. The van der Waals surface area contributed by atoms with E-state index in [1.165, 1.54) is 0 Å². The van der Waals surface area contributed by atoms with E-state index in [-0.39, 0.29) is 12.0 Å². The fraction of sp³-hybridized carbons (Fsp3) is 0.529. The van der Waals surface area contributed by atoms with Crippen molar-refractivity contribution in [1.82, 2.24) is 4.90 Å². The van der Waals surface area contributed by atoms with Crippen LogP contribution in [0.15, 0.2) is 24.3 Å². The second kappa shape index (κ2) is 6.38. The Balaban J connectivity index is 2.01. The van der Waals surface area contributed by atoms with Crippen molar-refractivity contribution in [3.63, 3.8) is 0 Å². The predicted molar refractivity (Wildman–Crippen MR) is 84.7 cm³/mol. The van der Waals surface area contributed by atoms with Gasteiger partial charge >= 0.3 is 6.09 Å². The molecule has 5 heteroatoms. The number of likely N-dealkylation sites (tertiary alicyclic amines) is 1. The van der Waals surface area contributed by atoms with Crippen LogP contribution in [-0.2, 0) is 4.74 Å². The molecule has 0 bridgehead atoms. The second-order valence-corrected chi connectivity index (χ2v) is 6.69. The van der Waals surface area contributed by atoms with Gasteiger partial charge in [0.25, 0.3) is 0 Å². The third-order valence-electron chi connectivity index (χ3n) is 3.81. The lowest BCUT2D eigenvalue weighted by Crippen LogP contribution is -2.41. The quantitative estimate of drug-likeness (QED) is 0.913. The van der Waals surface area contributed by atoms with Gasteiger partial charge in [-0.15, -0.1) is 0 Å². The zero-order valence-electron chi connectivity index (χ0n) is 13.5. The molecule has 1 aliphatic heterocycles. The number of ether oxygens (including phenoxy) is 1. The molecule has 0 aliphatic carbocycles. The molecule has 22 heavy (non-hydrogen) atoms. The third-order valence-corrected chi connectivity index (χ3v) is 3.81. The van der Waals surface area contributed by atoms with Crippen LogP contribution in [0, 0.1) is 0 Å². The van der Waals surface area contributed by atoms with Crippen LogP contribution in [0.4, 0.5) is 4.79 Å². The molecule has 0 saturated carbocycles. The lowest BCUT2D eigenvalue weighted by Gasteiger charge is -2.34. The summed E-state index contributed by atoms with van der Waals surface area (Å²) in [5.74, 6) is -0.146. The van der Waals surface area contributed by atoms with Crippen molar-refractivity contribution < 1.29 is 14.3 Å². The maximum Gasteiger partial charge on any atom is 0.410 e. The van der Waals surface area contributed by atoms with Gasteiger partial charge in [0.2, 0.25) is 5.91 Å². The molecular formula is C17H24N2O3. The van der Waals surface area contributed by atoms with E-state index in [2.05, 4.69) is 0 Å². The molecule has 1 aromatic carbocycles. The maximum absolute atomic E-state index is 12.1. The largest absolute Gasteiger partial charge is 0.444 e. The zero-order valence-corrected chi connectivity index (χ0v) is 13.5. The summed E-state index contributed by atoms with van der Waals surface area (Å²) in [6.45, 7) is 6.85. The summed E-state index contributed by atoms with van der Waals surface area (Å²) in [5, 5.41) is 0. The average molecular weight is 304 g/mol. The van der Waals surface area contributed by atoms with E-state index in [0.29, 0.717) is 18.7 Å². The summed E-state index contributed by atoms with van der Waals surface area (Å²) in [4.78, 5) is 25.3. The van der Waals surface area contributed by atoms with Crippen molar-refractivity contribution in [1.29, 1.82) is 0 Å². The van der Waals surface area contributed by atoms with Crippen LogP contribution < -0.4 is 5.73 Å². The third kappa shape index (κ3) is 4.00.